The summed E-state index contributed by atoms with van der Waals surface area (Å²) in [6.45, 7) is -0.222. The topological polar surface area (TPSA) is 95.7 Å². The number of hydrogen-bond acceptors (Lipinski definition) is 4. The molecule has 2 aromatic heterocycles. The summed E-state index contributed by atoms with van der Waals surface area (Å²) in [6.07, 6.45) is 3.27. The van der Waals surface area contributed by atoms with E-state index in [9.17, 15) is 14.7 Å². The molecule has 2 aromatic carbocycles. The molecule has 7 heteroatoms. The lowest BCUT2D eigenvalue weighted by atomic mass is 10.1. The molecule has 2 heterocycles. The molecule has 0 unspecified atom stereocenters. The molecule has 30 heavy (non-hydrogen) atoms. The van der Waals surface area contributed by atoms with E-state index in [-0.39, 0.29) is 18.4 Å². The predicted octanol–water partition coefficient (Wildman–Crippen LogP) is 3.05. The molecule has 0 aliphatic rings. The Morgan fingerprint density at radius 1 is 0.967 bits per heavy atom. The normalized spacial score (nSPS) is 11.8. The van der Waals surface area contributed by atoms with Gasteiger partial charge in [-0.15, -0.1) is 0 Å². The van der Waals surface area contributed by atoms with E-state index in [1.54, 1.807) is 34.9 Å². The summed E-state index contributed by atoms with van der Waals surface area (Å²) in [4.78, 5) is 29.6. The Kier molecular flexibility index (Phi) is 5.54. The highest BCUT2D eigenvalue weighted by molar-refractivity contribution is 6.04. The third-order valence-electron chi connectivity index (χ3n) is 4.72. The maximum Gasteiger partial charge on any atom is 0.274 e. The third-order valence-corrected chi connectivity index (χ3v) is 4.72. The molecule has 0 fully saturated rings. The molecule has 1 atom stereocenters. The van der Waals surface area contributed by atoms with Crippen LogP contribution in [0.25, 0.3) is 5.65 Å². The number of hydrogen-bond donors (Lipinski definition) is 3. The van der Waals surface area contributed by atoms with E-state index < -0.39 is 6.04 Å². The maximum atomic E-state index is 12.7. The Morgan fingerprint density at radius 2 is 1.77 bits per heavy atom. The summed E-state index contributed by atoms with van der Waals surface area (Å²) in [5.41, 5.74) is 2.74. The van der Waals surface area contributed by atoms with E-state index in [0.717, 1.165) is 5.56 Å². The van der Waals surface area contributed by atoms with Gasteiger partial charge in [0.15, 0.2) is 0 Å². The van der Waals surface area contributed by atoms with Crippen LogP contribution in [-0.2, 0) is 0 Å². The number of carbonyl (C=O) groups is 2. The van der Waals surface area contributed by atoms with Crippen LogP contribution in [0.1, 0.15) is 32.5 Å². The van der Waals surface area contributed by atoms with Gasteiger partial charge in [-0.2, -0.15) is 0 Å². The van der Waals surface area contributed by atoms with Crippen LogP contribution >= 0.6 is 0 Å². The second-order valence-corrected chi connectivity index (χ2v) is 6.73. The van der Waals surface area contributed by atoms with Gasteiger partial charge in [-0.25, -0.2) is 4.98 Å². The lowest BCUT2D eigenvalue weighted by Gasteiger charge is -2.17. The molecule has 0 radical (unpaired) electrons. The fourth-order valence-corrected chi connectivity index (χ4v) is 3.20. The minimum absolute atomic E-state index is 0.222. The van der Waals surface area contributed by atoms with Crippen molar-refractivity contribution in [2.45, 2.75) is 6.04 Å². The third kappa shape index (κ3) is 4.06. The zero-order chi connectivity index (χ0) is 20.9. The van der Waals surface area contributed by atoms with Gasteiger partial charge in [0.05, 0.1) is 18.8 Å². The van der Waals surface area contributed by atoms with Gasteiger partial charge < -0.3 is 15.7 Å². The Labute approximate surface area is 173 Å². The molecule has 0 aliphatic heterocycles. The van der Waals surface area contributed by atoms with Crippen LogP contribution in [0.4, 0.5) is 5.69 Å². The average Bonchev–Trinajstić information content (AvgIpc) is 3.22. The predicted molar refractivity (Wildman–Crippen MR) is 113 cm³/mol. The summed E-state index contributed by atoms with van der Waals surface area (Å²) in [7, 11) is 0. The molecule has 0 spiro atoms. The zero-order valence-electron chi connectivity index (χ0n) is 16.0. The Balaban J connectivity index is 1.49. The highest BCUT2D eigenvalue weighted by Gasteiger charge is 2.16. The molecule has 0 bridgehead atoms. The lowest BCUT2D eigenvalue weighted by Crippen LogP contribution is -2.30. The zero-order valence-corrected chi connectivity index (χ0v) is 16.0. The van der Waals surface area contributed by atoms with Gasteiger partial charge in [-0.05, 0) is 35.9 Å². The number of aromatic nitrogens is 2. The number of aliphatic hydroxyl groups excluding tert-OH is 1. The summed E-state index contributed by atoms with van der Waals surface area (Å²) in [5.74, 6) is -0.674. The molecule has 4 rings (SSSR count). The van der Waals surface area contributed by atoms with Crippen LogP contribution < -0.4 is 10.6 Å². The van der Waals surface area contributed by atoms with Gasteiger partial charge in [0, 0.05) is 17.4 Å². The number of benzene rings is 2. The van der Waals surface area contributed by atoms with Gasteiger partial charge in [0.1, 0.15) is 11.3 Å². The van der Waals surface area contributed by atoms with Crippen LogP contribution in [0.3, 0.4) is 0 Å². The van der Waals surface area contributed by atoms with Crippen molar-refractivity contribution in [3.05, 3.63) is 102 Å². The van der Waals surface area contributed by atoms with E-state index in [4.69, 9.17) is 0 Å². The van der Waals surface area contributed by atoms with Gasteiger partial charge >= 0.3 is 0 Å². The molecule has 150 valence electrons. The quantitative estimate of drug-likeness (QED) is 0.464. The first-order valence-corrected chi connectivity index (χ1v) is 9.46. The Hall–Kier alpha value is -3.97. The van der Waals surface area contributed by atoms with E-state index >= 15 is 0 Å². The first-order valence-electron chi connectivity index (χ1n) is 9.46. The highest BCUT2D eigenvalue weighted by atomic mass is 16.3. The number of pyridine rings is 1. The Bertz CT molecular complexity index is 1190. The number of fused-ring (bicyclic) bond motifs is 1. The number of rotatable bonds is 6. The van der Waals surface area contributed by atoms with Crippen LogP contribution in [0, 0.1) is 0 Å². The second kappa shape index (κ2) is 8.59. The second-order valence-electron chi connectivity index (χ2n) is 6.73. The smallest absolute Gasteiger partial charge is 0.274 e. The van der Waals surface area contributed by atoms with Gasteiger partial charge in [-0.1, -0.05) is 42.5 Å². The molecule has 0 saturated heterocycles. The van der Waals surface area contributed by atoms with Crippen molar-refractivity contribution in [1.29, 1.82) is 0 Å². The van der Waals surface area contributed by atoms with Crippen LogP contribution in [0.5, 0.6) is 0 Å². The molecule has 7 nitrogen and oxygen atoms in total. The number of nitrogens with zero attached hydrogens (tertiary/aromatic N) is 2. The van der Waals surface area contributed by atoms with Crippen LogP contribution in [-0.4, -0.2) is 32.9 Å². The molecule has 2 amide bonds. The molecule has 3 N–H and O–H groups in total. The van der Waals surface area contributed by atoms with E-state index in [1.807, 2.05) is 48.5 Å². The van der Waals surface area contributed by atoms with Gasteiger partial charge in [-0.3, -0.25) is 14.0 Å². The van der Waals surface area contributed by atoms with Crippen molar-refractivity contribution < 1.29 is 14.7 Å². The van der Waals surface area contributed by atoms with Crippen LogP contribution in [0.15, 0.2) is 85.2 Å². The molecule has 0 aliphatic carbocycles. The molecular formula is C23H20N4O3. The standard InChI is InChI=1S/C23H20N4O3/c28-15-19(16-7-2-1-3-8-16)26-22(29)17-9-6-10-18(13-17)25-23(30)20-14-24-21-11-4-5-12-27(20)21/h1-14,19,28H,15H2,(H,25,30)(H,26,29)/t19-/m0/s1. The number of anilines is 1. The lowest BCUT2D eigenvalue weighted by molar-refractivity contribution is 0.0915. The number of imidazole rings is 1. The van der Waals surface area contributed by atoms with Crippen LogP contribution in [0.2, 0.25) is 0 Å². The molecular weight excluding hydrogens is 380 g/mol. The van der Waals surface area contributed by atoms with Crippen molar-refractivity contribution >= 4 is 23.1 Å². The van der Waals surface area contributed by atoms with Crippen molar-refractivity contribution in [3.8, 4) is 0 Å². The van der Waals surface area contributed by atoms with Crippen molar-refractivity contribution in [2.75, 3.05) is 11.9 Å². The Morgan fingerprint density at radius 3 is 2.57 bits per heavy atom. The minimum Gasteiger partial charge on any atom is -0.394 e. The number of aliphatic hydroxyl groups is 1. The minimum atomic E-state index is -0.518. The van der Waals surface area contributed by atoms with Crippen molar-refractivity contribution in [2.24, 2.45) is 0 Å². The summed E-state index contributed by atoms with van der Waals surface area (Å²) in [5, 5.41) is 15.3. The maximum absolute atomic E-state index is 12.7. The van der Waals surface area contributed by atoms with Gasteiger partial charge in [0.25, 0.3) is 11.8 Å². The fourth-order valence-electron chi connectivity index (χ4n) is 3.20. The first kappa shape index (κ1) is 19.4. The fraction of sp³-hybridized carbons (Fsp3) is 0.0870. The number of carbonyl (C=O) groups excluding carboxylic acids is 2. The van der Waals surface area contributed by atoms with Crippen molar-refractivity contribution in [3.63, 3.8) is 0 Å². The van der Waals surface area contributed by atoms with Crippen molar-refractivity contribution in [1.82, 2.24) is 14.7 Å². The largest absolute Gasteiger partial charge is 0.394 e. The molecule has 4 aromatic rings. The first-order chi connectivity index (χ1) is 14.7. The summed E-state index contributed by atoms with van der Waals surface area (Å²) in [6, 6.07) is 20.9. The number of nitrogens with one attached hydrogen (secondary N) is 2. The van der Waals surface area contributed by atoms with E-state index in [1.165, 1.54) is 6.20 Å². The average molecular weight is 400 g/mol. The monoisotopic (exact) mass is 400 g/mol. The summed E-state index contributed by atoms with van der Waals surface area (Å²) >= 11 is 0. The highest BCUT2D eigenvalue weighted by Crippen LogP contribution is 2.16. The van der Waals surface area contributed by atoms with Gasteiger partial charge in [0.2, 0.25) is 0 Å². The van der Waals surface area contributed by atoms with E-state index in [2.05, 4.69) is 15.6 Å². The summed E-state index contributed by atoms with van der Waals surface area (Å²) < 4.78 is 1.69. The molecule has 0 saturated carbocycles. The van der Waals surface area contributed by atoms with E-state index in [0.29, 0.717) is 22.6 Å². The SMILES string of the molecule is O=C(N[C@@H](CO)c1ccccc1)c1cccc(NC(=O)c2cnc3ccccn23)c1. The number of amides is 2.